The maximum absolute atomic E-state index is 2.40. The third kappa shape index (κ3) is 0.681. The summed E-state index contributed by atoms with van der Waals surface area (Å²) in [6.07, 6.45) is 4.33. The van der Waals surface area contributed by atoms with Crippen LogP contribution in [-0.4, -0.2) is 0 Å². The lowest BCUT2D eigenvalue weighted by atomic mass is 9.93. The molecule has 0 aromatic carbocycles. The normalized spacial score (nSPS) is 53.1. The van der Waals surface area contributed by atoms with E-state index in [1.54, 1.807) is 0 Å². The van der Waals surface area contributed by atoms with E-state index in [9.17, 15) is 0 Å². The molecule has 2 fully saturated rings. The third-order valence-electron chi connectivity index (χ3n) is 3.68. The molecule has 3 atom stereocenters. The van der Waals surface area contributed by atoms with Gasteiger partial charge in [-0.25, -0.2) is 0 Å². The molecule has 0 N–H and O–H groups in total. The average Bonchev–Trinajstić information content (AvgIpc) is 2.73. The fourth-order valence-corrected chi connectivity index (χ4v) is 2.62. The second-order valence-electron chi connectivity index (χ2n) is 4.25. The van der Waals surface area contributed by atoms with Gasteiger partial charge in [0.15, 0.2) is 0 Å². The van der Waals surface area contributed by atoms with E-state index < -0.39 is 0 Å². The lowest BCUT2D eigenvalue weighted by Gasteiger charge is -2.11. The first-order valence-electron chi connectivity index (χ1n) is 4.57. The first kappa shape index (κ1) is 6.69. The molecule has 0 heterocycles. The van der Waals surface area contributed by atoms with Crippen LogP contribution in [0.4, 0.5) is 0 Å². The van der Waals surface area contributed by atoms with Crippen LogP contribution in [0.5, 0.6) is 0 Å². The van der Waals surface area contributed by atoms with E-state index in [1.165, 1.54) is 19.3 Å². The molecule has 0 aromatic rings. The molecule has 0 bridgehead atoms. The van der Waals surface area contributed by atoms with Crippen LogP contribution in [0.3, 0.4) is 0 Å². The van der Waals surface area contributed by atoms with Gasteiger partial charge in [0, 0.05) is 0 Å². The molecule has 0 amide bonds. The van der Waals surface area contributed by atoms with Crippen LogP contribution in [-0.2, 0) is 0 Å². The van der Waals surface area contributed by atoms with Gasteiger partial charge in [0.05, 0.1) is 0 Å². The molecular formula is C10H17. The van der Waals surface area contributed by atoms with Crippen LogP contribution in [0, 0.1) is 23.2 Å². The van der Waals surface area contributed by atoms with E-state index >= 15 is 0 Å². The zero-order valence-electron chi connectivity index (χ0n) is 7.28. The van der Waals surface area contributed by atoms with Gasteiger partial charge in [-0.15, -0.1) is 0 Å². The summed E-state index contributed by atoms with van der Waals surface area (Å²) in [7, 11) is 0. The maximum atomic E-state index is 2.40. The highest BCUT2D eigenvalue weighted by molar-refractivity contribution is 5.29. The molecule has 0 saturated heterocycles. The summed E-state index contributed by atoms with van der Waals surface area (Å²) in [5.41, 5.74) is 0.749. The van der Waals surface area contributed by atoms with Gasteiger partial charge in [-0.1, -0.05) is 20.8 Å². The van der Waals surface area contributed by atoms with Gasteiger partial charge in [-0.05, 0) is 42.4 Å². The lowest BCUT2D eigenvalue weighted by molar-refractivity contribution is 0.499. The number of rotatable bonds is 2. The summed E-state index contributed by atoms with van der Waals surface area (Å²) in [5, 5.41) is 0. The predicted octanol–water partition coefficient (Wildman–Crippen LogP) is 3.04. The Kier molecular flexibility index (Phi) is 1.19. The molecule has 57 valence electrons. The Hall–Kier alpha value is 0. The van der Waals surface area contributed by atoms with E-state index in [0.29, 0.717) is 0 Å². The minimum absolute atomic E-state index is 0.749. The van der Waals surface area contributed by atoms with Crippen molar-refractivity contribution >= 4 is 0 Å². The van der Waals surface area contributed by atoms with Crippen molar-refractivity contribution in [1.82, 2.24) is 0 Å². The number of hydrogen-bond acceptors (Lipinski definition) is 0. The van der Waals surface area contributed by atoms with Gasteiger partial charge in [-0.3, -0.25) is 0 Å². The van der Waals surface area contributed by atoms with Crippen LogP contribution in [0.15, 0.2) is 0 Å². The molecule has 0 spiro atoms. The van der Waals surface area contributed by atoms with E-state index in [2.05, 4.69) is 20.8 Å². The highest BCUT2D eigenvalue weighted by atomic mass is 14.7. The predicted molar refractivity (Wildman–Crippen MR) is 43.5 cm³/mol. The molecule has 2 aliphatic carbocycles. The molecule has 0 heteroatoms. The Bertz CT molecular complexity index is 146. The summed E-state index contributed by atoms with van der Waals surface area (Å²) >= 11 is 0. The van der Waals surface area contributed by atoms with Gasteiger partial charge >= 0.3 is 0 Å². The van der Waals surface area contributed by atoms with Crippen molar-refractivity contribution in [2.24, 2.45) is 17.3 Å². The molecular weight excluding hydrogens is 120 g/mol. The van der Waals surface area contributed by atoms with Crippen LogP contribution < -0.4 is 0 Å². The first-order valence-corrected chi connectivity index (χ1v) is 4.57. The molecule has 2 saturated carbocycles. The summed E-state index contributed by atoms with van der Waals surface area (Å²) in [4.78, 5) is 0. The van der Waals surface area contributed by atoms with Crippen molar-refractivity contribution in [3.05, 3.63) is 5.92 Å². The van der Waals surface area contributed by atoms with Crippen molar-refractivity contribution < 1.29 is 0 Å². The Balaban J connectivity index is 2.02. The summed E-state index contributed by atoms with van der Waals surface area (Å²) < 4.78 is 0. The molecule has 3 unspecified atom stereocenters. The van der Waals surface area contributed by atoms with Gasteiger partial charge < -0.3 is 0 Å². The average molecular weight is 137 g/mol. The van der Waals surface area contributed by atoms with Crippen molar-refractivity contribution in [3.8, 4) is 0 Å². The SMILES string of the molecule is CCC1([C]2CC2C)CC1C. The second kappa shape index (κ2) is 1.78. The van der Waals surface area contributed by atoms with E-state index in [-0.39, 0.29) is 0 Å². The topological polar surface area (TPSA) is 0 Å². The Morgan fingerprint density at radius 1 is 1.50 bits per heavy atom. The largest absolute Gasteiger partial charge is 0.0648 e. The molecule has 0 nitrogen and oxygen atoms in total. The summed E-state index contributed by atoms with van der Waals surface area (Å²) in [6.45, 7) is 7.13. The van der Waals surface area contributed by atoms with Crippen molar-refractivity contribution in [2.75, 3.05) is 0 Å². The maximum Gasteiger partial charge on any atom is -0.0145 e. The first-order chi connectivity index (χ1) is 4.70. The zero-order chi connectivity index (χ0) is 7.35. The van der Waals surface area contributed by atoms with Gasteiger partial charge in [0.1, 0.15) is 0 Å². The van der Waals surface area contributed by atoms with Crippen LogP contribution >= 0.6 is 0 Å². The van der Waals surface area contributed by atoms with Crippen molar-refractivity contribution in [3.63, 3.8) is 0 Å². The van der Waals surface area contributed by atoms with Gasteiger partial charge in [0.2, 0.25) is 0 Å². The highest BCUT2D eigenvalue weighted by Gasteiger charge is 2.61. The fourth-order valence-electron chi connectivity index (χ4n) is 2.62. The lowest BCUT2D eigenvalue weighted by Crippen LogP contribution is -2.03. The number of hydrogen-bond donors (Lipinski definition) is 0. The molecule has 2 rings (SSSR count). The zero-order valence-corrected chi connectivity index (χ0v) is 7.28. The smallest absolute Gasteiger partial charge is 0.0145 e. The van der Waals surface area contributed by atoms with Crippen LogP contribution in [0.2, 0.25) is 0 Å². The highest BCUT2D eigenvalue weighted by Crippen LogP contribution is 2.70. The second-order valence-corrected chi connectivity index (χ2v) is 4.25. The van der Waals surface area contributed by atoms with Gasteiger partial charge in [-0.2, -0.15) is 0 Å². The van der Waals surface area contributed by atoms with E-state index in [0.717, 1.165) is 17.3 Å². The molecule has 0 aromatic heterocycles. The monoisotopic (exact) mass is 137 g/mol. The van der Waals surface area contributed by atoms with E-state index in [1.807, 2.05) is 5.92 Å². The molecule has 1 radical (unpaired) electrons. The standard InChI is InChI=1S/C10H17/c1-4-10(6-8(10)3)9-5-7(9)2/h7-8H,4-6H2,1-3H3. The molecule has 0 aliphatic heterocycles. The Morgan fingerprint density at radius 2 is 2.00 bits per heavy atom. The van der Waals surface area contributed by atoms with Crippen LogP contribution in [0.1, 0.15) is 40.0 Å². The van der Waals surface area contributed by atoms with Crippen molar-refractivity contribution in [1.29, 1.82) is 0 Å². The van der Waals surface area contributed by atoms with Crippen LogP contribution in [0.25, 0.3) is 0 Å². The quantitative estimate of drug-likeness (QED) is 0.548. The Labute approximate surface area is 64.0 Å². The summed E-state index contributed by atoms with van der Waals surface area (Å²) in [6, 6.07) is 0. The third-order valence-corrected chi connectivity index (χ3v) is 3.68. The molecule has 10 heavy (non-hydrogen) atoms. The molecule has 2 aliphatic rings. The van der Waals surface area contributed by atoms with Crippen molar-refractivity contribution in [2.45, 2.75) is 40.0 Å². The fraction of sp³-hybridized carbons (Fsp3) is 0.900. The van der Waals surface area contributed by atoms with E-state index in [4.69, 9.17) is 0 Å². The minimum atomic E-state index is 0.749. The minimum Gasteiger partial charge on any atom is -0.0648 e. The Morgan fingerprint density at radius 3 is 2.10 bits per heavy atom. The van der Waals surface area contributed by atoms with Gasteiger partial charge in [0.25, 0.3) is 0 Å². The summed E-state index contributed by atoms with van der Waals surface area (Å²) in [5.74, 6) is 3.88.